The molecule has 40 heavy (non-hydrogen) atoms. The Morgan fingerprint density at radius 2 is 1.93 bits per heavy atom. The number of nitrogens with zero attached hydrogens (tertiary/aromatic N) is 4. The lowest BCUT2D eigenvalue weighted by molar-refractivity contribution is 0.0981. The number of nitrogens with two attached hydrogens (primary N) is 1. The van der Waals surface area contributed by atoms with Crippen LogP contribution in [0.4, 0.5) is 11.6 Å². The Bertz CT molecular complexity index is 1530. The predicted octanol–water partition coefficient (Wildman–Crippen LogP) is 4.60. The van der Waals surface area contributed by atoms with Crippen molar-refractivity contribution in [2.75, 3.05) is 23.8 Å². The lowest BCUT2D eigenvalue weighted by Crippen LogP contribution is -2.41. The van der Waals surface area contributed by atoms with Crippen LogP contribution in [-0.2, 0) is 10.0 Å². The minimum absolute atomic E-state index is 0.00253. The Balaban J connectivity index is 1.73. The Hall–Kier alpha value is -3.73. The van der Waals surface area contributed by atoms with Gasteiger partial charge in [-0.3, -0.25) is 4.79 Å². The molecule has 3 aromatic rings. The summed E-state index contributed by atoms with van der Waals surface area (Å²) in [7, 11) is -4.26. The molecule has 11 heteroatoms. The molecule has 3 aromatic heterocycles. The molecule has 0 saturated carbocycles. The first-order valence-electron chi connectivity index (χ1n) is 13.2. The maximum atomic E-state index is 13.5. The van der Waals surface area contributed by atoms with E-state index in [0.29, 0.717) is 36.5 Å². The van der Waals surface area contributed by atoms with Crippen LogP contribution in [0.1, 0.15) is 63.9 Å². The van der Waals surface area contributed by atoms with Gasteiger partial charge in [0.1, 0.15) is 11.6 Å². The minimum Gasteiger partial charge on any atom is -0.477 e. The molecule has 0 aromatic carbocycles. The number of anilines is 2. The van der Waals surface area contributed by atoms with E-state index in [1.54, 1.807) is 18.3 Å². The van der Waals surface area contributed by atoms with Crippen molar-refractivity contribution in [3.8, 4) is 17.1 Å². The highest BCUT2D eigenvalue weighted by Crippen LogP contribution is 2.38. The smallest absolute Gasteiger partial charge is 0.281 e. The van der Waals surface area contributed by atoms with Crippen molar-refractivity contribution in [3.63, 3.8) is 0 Å². The number of pyridine rings is 3. The van der Waals surface area contributed by atoms with Gasteiger partial charge in [-0.05, 0) is 68.4 Å². The van der Waals surface area contributed by atoms with Crippen molar-refractivity contribution in [1.82, 2.24) is 19.7 Å². The Morgan fingerprint density at radius 3 is 2.52 bits per heavy atom. The topological polar surface area (TPSA) is 140 Å². The third-order valence-electron chi connectivity index (χ3n) is 6.71. The second kappa shape index (κ2) is 10.7. The average Bonchev–Trinajstić information content (AvgIpc) is 3.13. The lowest BCUT2D eigenvalue weighted by Gasteiger charge is -2.34. The molecule has 1 unspecified atom stereocenters. The summed E-state index contributed by atoms with van der Waals surface area (Å²) in [4.78, 5) is 28.8. The fourth-order valence-electron chi connectivity index (χ4n) is 4.92. The summed E-state index contributed by atoms with van der Waals surface area (Å²) in [5.41, 5.74) is 7.83. The Morgan fingerprint density at radius 1 is 1.20 bits per heavy atom. The molecule has 0 aliphatic carbocycles. The average molecular weight is 567 g/mol. The van der Waals surface area contributed by atoms with Crippen molar-refractivity contribution >= 4 is 27.6 Å². The second-order valence-corrected chi connectivity index (χ2v) is 14.0. The molecule has 3 N–H and O–H groups in total. The van der Waals surface area contributed by atoms with E-state index in [1.165, 1.54) is 18.2 Å². The number of aryl methyl sites for hydroxylation is 1. The van der Waals surface area contributed by atoms with Crippen molar-refractivity contribution < 1.29 is 17.9 Å². The molecule has 1 amide bonds. The fourth-order valence-corrected chi connectivity index (χ4v) is 5.86. The normalized spacial score (nSPS) is 17.1. The molecule has 0 radical (unpaired) electrons. The molecule has 0 bridgehead atoms. The molecule has 214 valence electrons. The van der Waals surface area contributed by atoms with Gasteiger partial charge in [0.15, 0.2) is 5.03 Å². The van der Waals surface area contributed by atoms with Crippen LogP contribution in [0.3, 0.4) is 0 Å². The van der Waals surface area contributed by atoms with E-state index in [4.69, 9.17) is 15.5 Å². The quantitative estimate of drug-likeness (QED) is 0.420. The number of carbonyl (C=O) groups is 1. The van der Waals surface area contributed by atoms with E-state index in [0.717, 1.165) is 17.5 Å². The van der Waals surface area contributed by atoms with E-state index in [9.17, 15) is 13.2 Å². The molecule has 1 atom stereocenters. The van der Waals surface area contributed by atoms with Crippen LogP contribution in [0, 0.1) is 18.3 Å². The fraction of sp³-hybridized carbons (Fsp3) is 0.448. The van der Waals surface area contributed by atoms with Crippen molar-refractivity contribution in [3.05, 3.63) is 53.7 Å². The number of aromatic nitrogens is 3. The largest absolute Gasteiger partial charge is 0.477 e. The van der Waals surface area contributed by atoms with E-state index < -0.39 is 15.9 Å². The summed E-state index contributed by atoms with van der Waals surface area (Å²) < 4.78 is 33.9. The number of nitrogen functional groups attached to an aromatic ring is 1. The number of nitrogens with one attached hydrogen (secondary N) is 1. The SMILES string of the molecule is Cc1cc(OCC(C)(C)C)ncc1-c1ccc(C(=O)NS(=O)(=O)c2cccc(N)n2)c(N2CC(C)CC2(C)C)n1. The number of amides is 1. The zero-order chi connectivity index (χ0) is 29.5. The molecule has 1 aliphatic heterocycles. The van der Waals surface area contributed by atoms with Crippen LogP contribution in [0.2, 0.25) is 0 Å². The van der Waals surface area contributed by atoms with E-state index in [2.05, 4.69) is 61.1 Å². The molecule has 1 aliphatic rings. The molecule has 4 heterocycles. The summed E-state index contributed by atoms with van der Waals surface area (Å²) in [6.07, 6.45) is 2.61. The number of rotatable bonds is 7. The van der Waals surface area contributed by atoms with Crippen LogP contribution < -0.4 is 20.1 Å². The Labute approximate surface area is 236 Å². The van der Waals surface area contributed by atoms with Gasteiger partial charge in [-0.1, -0.05) is 33.8 Å². The van der Waals surface area contributed by atoms with Crippen molar-refractivity contribution in [1.29, 1.82) is 0 Å². The van der Waals surface area contributed by atoms with Crippen LogP contribution >= 0.6 is 0 Å². The van der Waals surface area contributed by atoms with Gasteiger partial charge in [-0.2, -0.15) is 8.42 Å². The predicted molar refractivity (Wildman–Crippen MR) is 156 cm³/mol. The van der Waals surface area contributed by atoms with Gasteiger partial charge in [-0.25, -0.2) is 19.7 Å². The monoisotopic (exact) mass is 566 g/mol. The molecule has 1 saturated heterocycles. The zero-order valence-electron chi connectivity index (χ0n) is 24.1. The van der Waals surface area contributed by atoms with Gasteiger partial charge in [0.25, 0.3) is 15.9 Å². The van der Waals surface area contributed by atoms with E-state index in [-0.39, 0.29) is 27.4 Å². The summed E-state index contributed by atoms with van der Waals surface area (Å²) >= 11 is 0. The van der Waals surface area contributed by atoms with Gasteiger partial charge in [-0.15, -0.1) is 0 Å². The second-order valence-electron chi connectivity index (χ2n) is 12.3. The Kier molecular flexibility index (Phi) is 7.81. The van der Waals surface area contributed by atoms with Crippen LogP contribution in [0.25, 0.3) is 11.3 Å². The minimum atomic E-state index is -4.26. The number of carbonyl (C=O) groups excluding carboxylic acids is 1. The third kappa shape index (κ3) is 6.52. The molecular weight excluding hydrogens is 528 g/mol. The van der Waals surface area contributed by atoms with Gasteiger partial charge in [0.2, 0.25) is 5.88 Å². The van der Waals surface area contributed by atoms with Crippen molar-refractivity contribution in [2.24, 2.45) is 11.3 Å². The van der Waals surface area contributed by atoms with Gasteiger partial charge in [0.05, 0.1) is 17.9 Å². The molecule has 4 rings (SSSR count). The summed E-state index contributed by atoms with van der Waals surface area (Å²) in [5, 5.41) is -0.336. The highest BCUT2D eigenvalue weighted by atomic mass is 32.2. The van der Waals surface area contributed by atoms with Gasteiger partial charge >= 0.3 is 0 Å². The number of hydrogen-bond acceptors (Lipinski definition) is 9. The maximum Gasteiger partial charge on any atom is 0.281 e. The van der Waals surface area contributed by atoms with Gasteiger partial charge in [0, 0.05) is 29.9 Å². The summed E-state index contributed by atoms with van der Waals surface area (Å²) in [6, 6.07) is 9.40. The number of hydrogen-bond donors (Lipinski definition) is 2. The third-order valence-corrected chi connectivity index (χ3v) is 7.94. The first kappa shape index (κ1) is 29.3. The van der Waals surface area contributed by atoms with Crippen LogP contribution in [0.5, 0.6) is 5.88 Å². The first-order valence-corrected chi connectivity index (χ1v) is 14.7. The highest BCUT2D eigenvalue weighted by Gasteiger charge is 2.39. The standard InChI is InChI=1S/C29H38N6O4S/c1-18-14-29(6,7)35(16-18)26-20(27(36)34-40(37,38)25-10-8-9-23(30)33-25)11-12-22(32-26)21-15-31-24(13-19(21)2)39-17-28(3,4)5/h8-13,15,18H,14,16-17H2,1-7H3,(H2,30,33)(H,34,36). The van der Waals surface area contributed by atoms with E-state index >= 15 is 0 Å². The lowest BCUT2D eigenvalue weighted by atomic mass is 9.97. The first-order chi connectivity index (χ1) is 18.6. The molecule has 10 nitrogen and oxygen atoms in total. The van der Waals surface area contributed by atoms with E-state index in [1.807, 2.05) is 13.0 Å². The zero-order valence-corrected chi connectivity index (χ0v) is 25.0. The number of sulfonamides is 1. The molecule has 1 fully saturated rings. The summed E-state index contributed by atoms with van der Waals surface area (Å²) in [6.45, 7) is 15.8. The van der Waals surface area contributed by atoms with Crippen LogP contribution in [0.15, 0.2) is 47.6 Å². The van der Waals surface area contributed by atoms with Gasteiger partial charge < -0.3 is 15.4 Å². The number of ether oxygens (including phenoxy) is 1. The maximum absolute atomic E-state index is 13.5. The molecular formula is C29H38N6O4S. The molecule has 0 spiro atoms. The highest BCUT2D eigenvalue weighted by molar-refractivity contribution is 7.90. The van der Waals surface area contributed by atoms with Crippen molar-refractivity contribution in [2.45, 2.75) is 65.5 Å². The van der Waals surface area contributed by atoms with Crippen LogP contribution in [-0.4, -0.2) is 48.0 Å². The summed E-state index contributed by atoms with van der Waals surface area (Å²) in [5.74, 6) is 0.539.